The lowest BCUT2D eigenvalue weighted by atomic mass is 9.96. The van der Waals surface area contributed by atoms with Crippen molar-refractivity contribution in [2.24, 2.45) is 5.92 Å². The lowest BCUT2D eigenvalue weighted by Crippen LogP contribution is -2.43. The van der Waals surface area contributed by atoms with Gasteiger partial charge in [-0.3, -0.25) is 4.79 Å². The van der Waals surface area contributed by atoms with Gasteiger partial charge in [-0.1, -0.05) is 18.2 Å². The fraction of sp³-hybridized carbons (Fsp3) is 0.364. The third-order valence-corrected chi connectivity index (χ3v) is 5.04. The number of para-hydroxylation sites is 1. The molecule has 31 heavy (non-hydrogen) atoms. The molecule has 3 rings (SSSR count). The fourth-order valence-electron chi connectivity index (χ4n) is 3.39. The second-order valence-corrected chi connectivity index (χ2v) is 7.19. The van der Waals surface area contributed by atoms with Gasteiger partial charge in [-0.2, -0.15) is 13.2 Å². The molecule has 0 saturated carbocycles. The van der Waals surface area contributed by atoms with E-state index >= 15 is 0 Å². The van der Waals surface area contributed by atoms with E-state index in [1.807, 2.05) is 18.2 Å². The van der Waals surface area contributed by atoms with Gasteiger partial charge in [0.2, 0.25) is 5.91 Å². The molecule has 0 bridgehead atoms. The van der Waals surface area contributed by atoms with Crippen molar-refractivity contribution >= 4 is 23.3 Å². The first-order valence-electron chi connectivity index (χ1n) is 10.0. The first-order chi connectivity index (χ1) is 14.8. The molecule has 166 valence electrons. The number of halogens is 3. The molecule has 0 unspecified atom stereocenters. The van der Waals surface area contributed by atoms with Crippen molar-refractivity contribution in [3.05, 3.63) is 54.1 Å². The number of carbonyl (C=O) groups excluding carboxylic acids is 2. The van der Waals surface area contributed by atoms with Gasteiger partial charge in [-0.25, -0.2) is 4.79 Å². The first kappa shape index (κ1) is 22.5. The van der Waals surface area contributed by atoms with Crippen LogP contribution in [-0.2, 0) is 11.0 Å². The summed E-state index contributed by atoms with van der Waals surface area (Å²) in [6.07, 6.45) is -3.70. The van der Waals surface area contributed by atoms with Crippen LogP contribution < -0.4 is 15.4 Å². The molecule has 1 saturated heterocycles. The van der Waals surface area contributed by atoms with Gasteiger partial charge in [-0.05, 0) is 50.1 Å². The van der Waals surface area contributed by atoms with E-state index in [1.54, 1.807) is 24.0 Å². The highest BCUT2D eigenvalue weighted by Crippen LogP contribution is 2.35. The number of anilines is 2. The van der Waals surface area contributed by atoms with Crippen molar-refractivity contribution in [2.75, 3.05) is 30.3 Å². The van der Waals surface area contributed by atoms with E-state index in [-0.39, 0.29) is 30.0 Å². The van der Waals surface area contributed by atoms with E-state index in [1.165, 1.54) is 6.07 Å². The van der Waals surface area contributed by atoms with Gasteiger partial charge in [0.25, 0.3) is 0 Å². The number of nitrogens with one attached hydrogen (secondary N) is 2. The van der Waals surface area contributed by atoms with E-state index < -0.39 is 17.7 Å². The zero-order chi connectivity index (χ0) is 22.4. The summed E-state index contributed by atoms with van der Waals surface area (Å²) in [6, 6.07) is 11.8. The lowest BCUT2D eigenvalue weighted by molar-refractivity contribution is -0.137. The number of likely N-dealkylation sites (tertiary alicyclic amines) is 1. The second kappa shape index (κ2) is 9.72. The zero-order valence-corrected chi connectivity index (χ0v) is 17.0. The molecule has 2 aromatic carbocycles. The number of ether oxygens (including phenoxy) is 1. The highest BCUT2D eigenvalue weighted by molar-refractivity contribution is 5.94. The van der Waals surface area contributed by atoms with Gasteiger partial charge >= 0.3 is 12.2 Å². The maximum Gasteiger partial charge on any atom is 0.416 e. The second-order valence-electron chi connectivity index (χ2n) is 7.19. The topological polar surface area (TPSA) is 70.7 Å². The number of benzene rings is 2. The molecule has 1 fully saturated rings. The van der Waals surface area contributed by atoms with Crippen LogP contribution in [-0.4, -0.2) is 36.5 Å². The Kier molecular flexibility index (Phi) is 7.04. The number of urea groups is 1. The van der Waals surface area contributed by atoms with Gasteiger partial charge in [-0.15, -0.1) is 0 Å². The number of piperidine rings is 1. The summed E-state index contributed by atoms with van der Waals surface area (Å²) >= 11 is 0. The van der Waals surface area contributed by atoms with Crippen molar-refractivity contribution in [2.45, 2.75) is 25.9 Å². The summed E-state index contributed by atoms with van der Waals surface area (Å²) in [7, 11) is 0. The molecule has 1 aliphatic heterocycles. The van der Waals surface area contributed by atoms with Crippen molar-refractivity contribution in [3.8, 4) is 5.75 Å². The average Bonchev–Trinajstić information content (AvgIpc) is 2.75. The Morgan fingerprint density at radius 1 is 1.06 bits per heavy atom. The van der Waals surface area contributed by atoms with E-state index in [0.717, 1.165) is 12.1 Å². The minimum atomic E-state index is -4.53. The van der Waals surface area contributed by atoms with Gasteiger partial charge < -0.3 is 20.3 Å². The lowest BCUT2D eigenvalue weighted by Gasteiger charge is -2.31. The molecule has 3 amide bonds. The largest absolute Gasteiger partial charge is 0.492 e. The smallest absolute Gasteiger partial charge is 0.416 e. The molecule has 2 N–H and O–H groups in total. The van der Waals surface area contributed by atoms with Crippen LogP contribution in [0, 0.1) is 5.92 Å². The molecule has 0 aliphatic carbocycles. The Balaban J connectivity index is 1.60. The van der Waals surface area contributed by atoms with Crippen molar-refractivity contribution < 1.29 is 27.5 Å². The minimum absolute atomic E-state index is 0.00840. The van der Waals surface area contributed by atoms with E-state index in [0.29, 0.717) is 31.6 Å². The fourth-order valence-corrected chi connectivity index (χ4v) is 3.39. The standard InChI is InChI=1S/C22H24F3N3O3/c1-2-31-19-9-8-16(22(23,24)25)14-18(19)27-20(29)15-10-12-28(13-11-15)21(30)26-17-6-4-3-5-7-17/h3-9,14-15H,2,10-13H2,1H3,(H,26,30)(H,27,29). The molecule has 0 radical (unpaired) electrons. The van der Waals surface area contributed by atoms with Crippen LogP contribution in [0.4, 0.5) is 29.3 Å². The van der Waals surface area contributed by atoms with Crippen molar-refractivity contribution in [1.82, 2.24) is 4.90 Å². The summed E-state index contributed by atoms with van der Waals surface area (Å²) in [4.78, 5) is 26.7. The normalized spacial score (nSPS) is 14.8. The molecule has 0 spiro atoms. The van der Waals surface area contributed by atoms with Crippen LogP contribution in [0.2, 0.25) is 0 Å². The highest BCUT2D eigenvalue weighted by Gasteiger charge is 2.32. The molecule has 1 aliphatic rings. The van der Waals surface area contributed by atoms with Crippen molar-refractivity contribution in [3.63, 3.8) is 0 Å². The quantitative estimate of drug-likeness (QED) is 0.695. The predicted molar refractivity (Wildman–Crippen MR) is 111 cm³/mol. The van der Waals surface area contributed by atoms with Gasteiger partial charge in [0.05, 0.1) is 17.9 Å². The summed E-state index contributed by atoms with van der Waals surface area (Å²) < 4.78 is 44.5. The van der Waals surface area contributed by atoms with Gasteiger partial charge in [0, 0.05) is 24.7 Å². The number of rotatable bonds is 5. The average molecular weight is 435 g/mol. The molecular weight excluding hydrogens is 411 g/mol. The first-order valence-corrected chi connectivity index (χ1v) is 10.0. The number of carbonyl (C=O) groups is 2. The molecule has 9 heteroatoms. The van der Waals surface area contributed by atoms with E-state index in [2.05, 4.69) is 10.6 Å². The Morgan fingerprint density at radius 3 is 2.35 bits per heavy atom. The molecular formula is C22H24F3N3O3. The maximum absolute atomic E-state index is 13.1. The Bertz CT molecular complexity index is 911. The molecule has 6 nitrogen and oxygen atoms in total. The third kappa shape index (κ3) is 5.90. The van der Waals surface area contributed by atoms with Crippen molar-refractivity contribution in [1.29, 1.82) is 0 Å². The van der Waals surface area contributed by atoms with Crippen LogP contribution >= 0.6 is 0 Å². The predicted octanol–water partition coefficient (Wildman–Crippen LogP) is 4.99. The zero-order valence-electron chi connectivity index (χ0n) is 17.0. The molecule has 1 heterocycles. The van der Waals surface area contributed by atoms with Crippen LogP contribution in [0.3, 0.4) is 0 Å². The Hall–Kier alpha value is -3.23. The Morgan fingerprint density at radius 2 is 1.74 bits per heavy atom. The number of nitrogens with zero attached hydrogens (tertiary/aromatic N) is 1. The van der Waals surface area contributed by atoms with Crippen LogP contribution in [0.15, 0.2) is 48.5 Å². The minimum Gasteiger partial charge on any atom is -0.492 e. The van der Waals surface area contributed by atoms with Gasteiger partial charge in [0.15, 0.2) is 0 Å². The van der Waals surface area contributed by atoms with E-state index in [4.69, 9.17) is 4.74 Å². The van der Waals surface area contributed by atoms with Gasteiger partial charge in [0.1, 0.15) is 5.75 Å². The number of hydrogen-bond acceptors (Lipinski definition) is 3. The molecule has 2 aromatic rings. The van der Waals surface area contributed by atoms with Crippen LogP contribution in [0.25, 0.3) is 0 Å². The molecule has 0 aromatic heterocycles. The SMILES string of the molecule is CCOc1ccc(C(F)(F)F)cc1NC(=O)C1CCN(C(=O)Nc2ccccc2)CC1. The van der Waals surface area contributed by atoms with Crippen LogP contribution in [0.5, 0.6) is 5.75 Å². The monoisotopic (exact) mass is 435 g/mol. The number of alkyl halides is 3. The summed E-state index contributed by atoms with van der Waals surface area (Å²) in [5, 5.41) is 5.38. The Labute approximate surface area is 178 Å². The summed E-state index contributed by atoms with van der Waals surface area (Å²) in [6.45, 7) is 2.71. The summed E-state index contributed by atoms with van der Waals surface area (Å²) in [5.41, 5.74) is -0.190. The summed E-state index contributed by atoms with van der Waals surface area (Å²) in [5.74, 6) is -0.614. The third-order valence-electron chi connectivity index (χ3n) is 5.04. The van der Waals surface area contributed by atoms with Crippen LogP contribution in [0.1, 0.15) is 25.3 Å². The number of hydrogen-bond donors (Lipinski definition) is 2. The van der Waals surface area contributed by atoms with E-state index in [9.17, 15) is 22.8 Å². The highest BCUT2D eigenvalue weighted by atomic mass is 19.4. The maximum atomic E-state index is 13.1. The molecule has 0 atom stereocenters. The number of amides is 3.